The van der Waals surface area contributed by atoms with Crippen molar-refractivity contribution in [3.05, 3.63) is 0 Å². The first-order valence-corrected chi connectivity index (χ1v) is 5.34. The quantitative estimate of drug-likeness (QED) is 0.713. The van der Waals surface area contributed by atoms with Gasteiger partial charge in [0.2, 0.25) is 0 Å². The number of nitrogens with two attached hydrogens (primary N) is 1. The van der Waals surface area contributed by atoms with Crippen LogP contribution in [0.15, 0.2) is 4.99 Å². The number of amides is 2. The molecule has 15 heavy (non-hydrogen) atoms. The van der Waals surface area contributed by atoms with Crippen LogP contribution in [-0.2, 0) is 4.79 Å². The predicted molar refractivity (Wildman–Crippen MR) is 60.3 cm³/mol. The van der Waals surface area contributed by atoms with E-state index in [4.69, 9.17) is 10.8 Å². The van der Waals surface area contributed by atoms with Crippen LogP contribution in [0.25, 0.3) is 0 Å². The number of urea groups is 1. The highest BCUT2D eigenvalue weighted by Gasteiger charge is 2.05. The van der Waals surface area contributed by atoms with Gasteiger partial charge in [0, 0.05) is 19.0 Å². The number of likely N-dealkylation sites (N-methyl/N-ethyl adjacent to an activating group) is 1. The zero-order chi connectivity index (χ0) is 11.8. The number of aliphatic imine (C=N–C) groups is 1. The number of hydrogen-bond donors (Lipinski definition) is 2. The minimum absolute atomic E-state index is 0.352. The summed E-state index contributed by atoms with van der Waals surface area (Å²) in [7, 11) is 1.32. The van der Waals surface area contributed by atoms with Crippen LogP contribution in [0.1, 0.15) is 6.92 Å². The number of carboxylic acid groups (broad SMARTS) is 1. The number of carbonyl (C=O) groups is 2. The van der Waals surface area contributed by atoms with Crippen molar-refractivity contribution in [3.63, 3.8) is 0 Å². The number of aliphatic carboxylic acids is 1. The number of nitrogens with zero attached hydrogens (tertiary/aromatic N) is 2. The number of hydrogen-bond acceptors (Lipinski definition) is 4. The van der Waals surface area contributed by atoms with Gasteiger partial charge < -0.3 is 15.7 Å². The lowest BCUT2D eigenvalue weighted by Gasteiger charge is -2.08. The molecule has 7 heteroatoms. The maximum absolute atomic E-state index is 10.1. The smallest absolute Gasteiger partial charge is 0.323 e. The Morgan fingerprint density at radius 1 is 1.73 bits per heavy atom. The largest absolute Gasteiger partial charge is 0.480 e. The summed E-state index contributed by atoms with van der Waals surface area (Å²) in [6, 6.07) is -0.739. The second kappa shape index (κ2) is 7.10. The molecule has 0 fully saturated rings. The monoisotopic (exact) mass is 233 g/mol. The van der Waals surface area contributed by atoms with Crippen LogP contribution in [0, 0.1) is 0 Å². The van der Waals surface area contributed by atoms with Crippen molar-refractivity contribution >= 4 is 30.0 Å². The van der Waals surface area contributed by atoms with Crippen molar-refractivity contribution in [2.45, 2.75) is 12.3 Å². The van der Waals surface area contributed by atoms with E-state index >= 15 is 0 Å². The summed E-state index contributed by atoms with van der Waals surface area (Å²) in [6.45, 7) is 1.75. The highest BCUT2D eigenvalue weighted by atomic mass is 32.2. The zero-order valence-electron chi connectivity index (χ0n) is 8.71. The molecule has 0 radical (unpaired) electrons. The van der Waals surface area contributed by atoms with Gasteiger partial charge in [0.1, 0.15) is 6.54 Å². The molecule has 1 unspecified atom stereocenters. The van der Waals surface area contributed by atoms with E-state index < -0.39 is 12.0 Å². The molecular weight excluding hydrogens is 218 g/mol. The lowest BCUT2D eigenvalue weighted by atomic mass is 10.6. The second-order valence-electron chi connectivity index (χ2n) is 2.85. The Balaban J connectivity index is 0.000000280. The lowest BCUT2D eigenvalue weighted by molar-refractivity contribution is -0.137. The van der Waals surface area contributed by atoms with Gasteiger partial charge in [0.05, 0.1) is 5.37 Å². The van der Waals surface area contributed by atoms with Gasteiger partial charge in [-0.05, 0) is 6.92 Å². The minimum Gasteiger partial charge on any atom is -0.480 e. The molecule has 1 atom stereocenters. The van der Waals surface area contributed by atoms with Gasteiger partial charge in [-0.1, -0.05) is 0 Å². The third kappa shape index (κ3) is 7.80. The summed E-state index contributed by atoms with van der Waals surface area (Å²) in [5.74, 6) is 0.0394. The summed E-state index contributed by atoms with van der Waals surface area (Å²) in [6.07, 6.45) is 1.97. The van der Waals surface area contributed by atoms with Gasteiger partial charge in [0.25, 0.3) is 0 Å². The molecule has 0 aliphatic carbocycles. The molecule has 0 saturated heterocycles. The maximum atomic E-state index is 10.1. The molecule has 2 amide bonds. The summed E-state index contributed by atoms with van der Waals surface area (Å²) >= 11 is 1.87. The molecule has 86 valence electrons. The maximum Gasteiger partial charge on any atom is 0.323 e. The Labute approximate surface area is 92.5 Å². The van der Waals surface area contributed by atoms with Gasteiger partial charge in [0.15, 0.2) is 0 Å². The van der Waals surface area contributed by atoms with Crippen LogP contribution in [0.3, 0.4) is 0 Å². The van der Waals surface area contributed by atoms with Crippen molar-refractivity contribution in [3.8, 4) is 0 Å². The lowest BCUT2D eigenvalue weighted by Crippen LogP contribution is -2.35. The Hall–Kier alpha value is -1.24. The average molecular weight is 233 g/mol. The third-order valence-electron chi connectivity index (χ3n) is 1.48. The first kappa shape index (κ1) is 13.8. The highest BCUT2D eigenvalue weighted by molar-refractivity contribution is 8.00. The molecule has 0 aromatic heterocycles. The standard InChI is InChI=1S/C4H8N2O3.C4H7NS/c1-6(4(5)9)2-3(7)8;1-4-5-2-3-6-4/h2H2,1H3,(H2,5,9)(H,7,8);2,4H,3H2,1H3. The predicted octanol–water partition coefficient (Wildman–Crippen LogP) is 0.232. The number of carbonyl (C=O) groups excluding carboxylic acids is 1. The van der Waals surface area contributed by atoms with Gasteiger partial charge in [-0.2, -0.15) is 0 Å². The summed E-state index contributed by atoms with van der Waals surface area (Å²) in [5, 5.41) is 8.62. The van der Waals surface area contributed by atoms with Crippen molar-refractivity contribution in [1.82, 2.24) is 4.90 Å². The van der Waals surface area contributed by atoms with E-state index in [9.17, 15) is 9.59 Å². The minimum atomic E-state index is -1.07. The van der Waals surface area contributed by atoms with Gasteiger partial charge in [-0.3, -0.25) is 9.79 Å². The van der Waals surface area contributed by atoms with Crippen molar-refractivity contribution in [1.29, 1.82) is 0 Å². The van der Waals surface area contributed by atoms with Gasteiger partial charge >= 0.3 is 12.0 Å². The highest BCUT2D eigenvalue weighted by Crippen LogP contribution is 2.14. The van der Waals surface area contributed by atoms with E-state index in [-0.39, 0.29) is 6.54 Å². The Kier molecular flexibility index (Phi) is 6.52. The molecule has 1 aliphatic heterocycles. The van der Waals surface area contributed by atoms with Gasteiger partial charge in [-0.25, -0.2) is 4.79 Å². The number of thioether (sulfide) groups is 1. The molecule has 0 aromatic carbocycles. The van der Waals surface area contributed by atoms with E-state index in [1.807, 2.05) is 18.0 Å². The van der Waals surface area contributed by atoms with Crippen LogP contribution in [-0.4, -0.2) is 52.9 Å². The topological polar surface area (TPSA) is 96.0 Å². The first-order chi connectivity index (χ1) is 6.93. The summed E-state index contributed by atoms with van der Waals surface area (Å²) < 4.78 is 0. The van der Waals surface area contributed by atoms with Crippen molar-refractivity contribution < 1.29 is 14.7 Å². The van der Waals surface area contributed by atoms with Crippen LogP contribution in [0.2, 0.25) is 0 Å². The number of carboxylic acids is 1. The Morgan fingerprint density at radius 3 is 2.47 bits per heavy atom. The average Bonchev–Trinajstić information content (AvgIpc) is 2.55. The molecule has 1 rings (SSSR count). The first-order valence-electron chi connectivity index (χ1n) is 4.29. The van der Waals surface area contributed by atoms with E-state index in [1.165, 1.54) is 7.05 Å². The Morgan fingerprint density at radius 2 is 2.33 bits per heavy atom. The van der Waals surface area contributed by atoms with Crippen molar-refractivity contribution in [2.24, 2.45) is 10.7 Å². The fourth-order valence-corrected chi connectivity index (χ4v) is 1.32. The summed E-state index contributed by atoms with van der Waals surface area (Å²) in [5.41, 5.74) is 4.71. The number of rotatable bonds is 2. The molecule has 6 nitrogen and oxygen atoms in total. The van der Waals surface area contributed by atoms with E-state index in [1.54, 1.807) is 0 Å². The normalized spacial score (nSPS) is 17.9. The molecule has 1 aliphatic rings. The SMILES string of the molecule is CC1N=CCS1.CN(CC(=O)O)C(N)=O. The van der Waals surface area contributed by atoms with E-state index in [0.29, 0.717) is 5.37 Å². The summed E-state index contributed by atoms with van der Waals surface area (Å²) in [4.78, 5) is 25.0. The molecule has 0 spiro atoms. The van der Waals surface area contributed by atoms with Gasteiger partial charge in [-0.15, -0.1) is 11.8 Å². The molecule has 1 heterocycles. The molecule has 3 N–H and O–H groups in total. The Bertz CT molecular complexity index is 258. The van der Waals surface area contributed by atoms with E-state index in [2.05, 4.69) is 11.9 Å². The molecule has 0 saturated carbocycles. The molecule has 0 bridgehead atoms. The number of primary amides is 1. The zero-order valence-corrected chi connectivity index (χ0v) is 9.53. The van der Waals surface area contributed by atoms with Crippen LogP contribution in [0.4, 0.5) is 4.79 Å². The van der Waals surface area contributed by atoms with Crippen LogP contribution < -0.4 is 5.73 Å². The fourth-order valence-electron chi connectivity index (χ4n) is 0.698. The van der Waals surface area contributed by atoms with E-state index in [0.717, 1.165) is 10.7 Å². The second-order valence-corrected chi connectivity index (χ2v) is 4.20. The van der Waals surface area contributed by atoms with Crippen LogP contribution >= 0.6 is 11.8 Å². The molecule has 0 aromatic rings. The van der Waals surface area contributed by atoms with Crippen LogP contribution in [0.5, 0.6) is 0 Å². The third-order valence-corrected chi connectivity index (χ3v) is 2.42. The molecular formula is C8H15N3O3S. The van der Waals surface area contributed by atoms with Crippen molar-refractivity contribution in [2.75, 3.05) is 19.3 Å². The fraction of sp³-hybridized carbons (Fsp3) is 0.625.